The van der Waals surface area contributed by atoms with Gasteiger partial charge in [-0.1, -0.05) is 48.2 Å². The molecule has 2 aromatic heterocycles. The Morgan fingerprint density at radius 3 is 2.89 bits per heavy atom. The summed E-state index contributed by atoms with van der Waals surface area (Å²) in [5, 5.41) is 7.78. The highest BCUT2D eigenvalue weighted by Crippen LogP contribution is 2.24. The number of carbonyl (C=O) groups is 1. The van der Waals surface area contributed by atoms with Gasteiger partial charge in [0, 0.05) is 22.8 Å². The van der Waals surface area contributed by atoms with Crippen LogP contribution in [0.25, 0.3) is 23.0 Å². The van der Waals surface area contributed by atoms with Crippen LogP contribution in [-0.2, 0) is 11.3 Å². The Balaban J connectivity index is 1.48. The minimum atomic E-state index is 0.00827. The van der Waals surface area contributed by atoms with Crippen molar-refractivity contribution < 1.29 is 9.32 Å². The molecule has 0 unspecified atom stereocenters. The number of hydrogen-bond acceptors (Lipinski definition) is 4. The van der Waals surface area contributed by atoms with E-state index in [1.165, 1.54) is 19.3 Å². The van der Waals surface area contributed by atoms with Gasteiger partial charge in [-0.2, -0.15) is 4.98 Å². The first-order valence-electron chi connectivity index (χ1n) is 9.23. The SMILES string of the molecule is O=C(Cn1cccc1-c1nc(-c2cccc(Cl)c2)no1)NC1CCCCC1. The Morgan fingerprint density at radius 2 is 2.07 bits per heavy atom. The van der Waals surface area contributed by atoms with Crippen molar-refractivity contribution in [3.05, 3.63) is 47.6 Å². The number of benzene rings is 1. The second-order valence-corrected chi connectivity index (χ2v) is 7.29. The molecular formula is C20H21ClN4O2. The van der Waals surface area contributed by atoms with E-state index in [0.717, 1.165) is 24.1 Å². The first-order chi connectivity index (χ1) is 13.2. The average molecular weight is 385 g/mol. The van der Waals surface area contributed by atoms with Crippen molar-refractivity contribution >= 4 is 17.5 Å². The maximum atomic E-state index is 12.4. The molecule has 7 heteroatoms. The molecule has 0 spiro atoms. The number of nitrogens with zero attached hydrogens (tertiary/aromatic N) is 3. The Morgan fingerprint density at radius 1 is 1.22 bits per heavy atom. The predicted molar refractivity (Wildman–Crippen MR) is 103 cm³/mol. The molecule has 1 aliphatic carbocycles. The van der Waals surface area contributed by atoms with Crippen LogP contribution in [0.2, 0.25) is 5.02 Å². The molecule has 1 aromatic carbocycles. The third kappa shape index (κ3) is 4.22. The second kappa shape index (κ2) is 7.96. The molecule has 0 atom stereocenters. The molecule has 0 bridgehead atoms. The monoisotopic (exact) mass is 384 g/mol. The Bertz CT molecular complexity index is 927. The molecule has 4 rings (SSSR count). The van der Waals surface area contributed by atoms with E-state index in [0.29, 0.717) is 22.8 Å². The number of hydrogen-bond donors (Lipinski definition) is 1. The van der Waals surface area contributed by atoms with Crippen LogP contribution in [0.1, 0.15) is 32.1 Å². The van der Waals surface area contributed by atoms with E-state index in [1.807, 2.05) is 35.0 Å². The maximum absolute atomic E-state index is 12.4. The summed E-state index contributed by atoms with van der Waals surface area (Å²) in [6.45, 7) is 0.230. The Labute approximate surface area is 162 Å². The van der Waals surface area contributed by atoms with Crippen LogP contribution >= 0.6 is 11.6 Å². The number of aromatic nitrogens is 3. The molecule has 1 saturated carbocycles. The van der Waals surface area contributed by atoms with Crippen molar-refractivity contribution in [3.8, 4) is 23.0 Å². The van der Waals surface area contributed by atoms with Gasteiger partial charge in [-0.15, -0.1) is 0 Å². The van der Waals surface area contributed by atoms with Gasteiger partial charge in [-0.25, -0.2) is 0 Å². The zero-order valence-corrected chi connectivity index (χ0v) is 15.7. The van der Waals surface area contributed by atoms with Gasteiger partial charge in [0.15, 0.2) is 0 Å². The third-order valence-corrected chi connectivity index (χ3v) is 5.08. The van der Waals surface area contributed by atoms with Crippen molar-refractivity contribution in [2.45, 2.75) is 44.7 Å². The van der Waals surface area contributed by atoms with Gasteiger partial charge in [0.2, 0.25) is 11.7 Å². The summed E-state index contributed by atoms with van der Waals surface area (Å²) in [4.78, 5) is 16.9. The summed E-state index contributed by atoms with van der Waals surface area (Å²) in [6, 6.07) is 11.3. The lowest BCUT2D eigenvalue weighted by atomic mass is 9.95. The van der Waals surface area contributed by atoms with E-state index in [-0.39, 0.29) is 12.5 Å². The molecule has 6 nitrogen and oxygen atoms in total. The first-order valence-corrected chi connectivity index (χ1v) is 9.61. The van der Waals surface area contributed by atoms with Gasteiger partial charge in [0.25, 0.3) is 5.89 Å². The predicted octanol–water partition coefficient (Wildman–Crippen LogP) is 4.31. The maximum Gasteiger partial charge on any atom is 0.274 e. The van der Waals surface area contributed by atoms with Crippen LogP contribution in [0, 0.1) is 0 Å². The van der Waals surface area contributed by atoms with Crippen molar-refractivity contribution in [1.82, 2.24) is 20.0 Å². The van der Waals surface area contributed by atoms with E-state index in [2.05, 4.69) is 15.5 Å². The fraction of sp³-hybridized carbons (Fsp3) is 0.350. The standard InChI is InChI=1S/C20H21ClN4O2/c21-15-7-4-6-14(12-15)19-23-20(27-24-19)17-10-5-11-25(17)13-18(26)22-16-8-2-1-3-9-16/h4-7,10-12,16H,1-3,8-9,13H2,(H,22,26). The topological polar surface area (TPSA) is 73.0 Å². The summed E-state index contributed by atoms with van der Waals surface area (Å²) >= 11 is 6.03. The van der Waals surface area contributed by atoms with E-state index < -0.39 is 0 Å². The van der Waals surface area contributed by atoms with E-state index in [9.17, 15) is 4.79 Å². The zero-order valence-electron chi connectivity index (χ0n) is 14.9. The molecular weight excluding hydrogens is 364 g/mol. The van der Waals surface area contributed by atoms with Gasteiger partial charge in [0.05, 0.1) is 0 Å². The van der Waals surface area contributed by atoms with Crippen LogP contribution in [0.4, 0.5) is 0 Å². The molecule has 3 aromatic rings. The number of rotatable bonds is 5. The average Bonchev–Trinajstić information content (AvgIpc) is 3.31. The largest absolute Gasteiger partial charge is 0.352 e. The number of nitrogens with one attached hydrogen (secondary N) is 1. The second-order valence-electron chi connectivity index (χ2n) is 6.86. The number of amides is 1. The molecule has 0 saturated heterocycles. The lowest BCUT2D eigenvalue weighted by Gasteiger charge is -2.23. The molecule has 1 N–H and O–H groups in total. The summed E-state index contributed by atoms with van der Waals surface area (Å²) in [6.07, 6.45) is 7.62. The highest BCUT2D eigenvalue weighted by Gasteiger charge is 2.18. The van der Waals surface area contributed by atoms with Gasteiger partial charge >= 0.3 is 0 Å². The van der Waals surface area contributed by atoms with Crippen LogP contribution in [0.5, 0.6) is 0 Å². The third-order valence-electron chi connectivity index (χ3n) is 4.84. The number of halogens is 1. The highest BCUT2D eigenvalue weighted by molar-refractivity contribution is 6.30. The lowest BCUT2D eigenvalue weighted by Crippen LogP contribution is -2.38. The minimum absolute atomic E-state index is 0.00827. The quantitative estimate of drug-likeness (QED) is 0.711. The molecule has 140 valence electrons. The van der Waals surface area contributed by atoms with Gasteiger partial charge in [-0.05, 0) is 37.1 Å². The fourth-order valence-electron chi connectivity index (χ4n) is 3.49. The lowest BCUT2D eigenvalue weighted by molar-refractivity contribution is -0.122. The van der Waals surface area contributed by atoms with Crippen LogP contribution in [0.3, 0.4) is 0 Å². The van der Waals surface area contributed by atoms with Gasteiger partial charge in [0.1, 0.15) is 12.2 Å². The van der Waals surface area contributed by atoms with Crippen LogP contribution in [-0.4, -0.2) is 26.7 Å². The highest BCUT2D eigenvalue weighted by atomic mass is 35.5. The molecule has 1 aliphatic rings. The molecule has 27 heavy (non-hydrogen) atoms. The van der Waals surface area contributed by atoms with Crippen molar-refractivity contribution in [3.63, 3.8) is 0 Å². The summed E-state index contributed by atoms with van der Waals surface area (Å²) < 4.78 is 7.25. The normalized spacial score (nSPS) is 15.0. The van der Waals surface area contributed by atoms with Gasteiger partial charge in [-0.3, -0.25) is 4.79 Å². The minimum Gasteiger partial charge on any atom is -0.352 e. The van der Waals surface area contributed by atoms with Crippen molar-refractivity contribution in [2.24, 2.45) is 0 Å². The van der Waals surface area contributed by atoms with Crippen molar-refractivity contribution in [1.29, 1.82) is 0 Å². The van der Waals surface area contributed by atoms with E-state index in [4.69, 9.17) is 16.1 Å². The first kappa shape index (κ1) is 17.8. The molecule has 0 aliphatic heterocycles. The summed E-state index contributed by atoms with van der Waals surface area (Å²) in [7, 11) is 0. The fourth-order valence-corrected chi connectivity index (χ4v) is 3.68. The van der Waals surface area contributed by atoms with Crippen LogP contribution < -0.4 is 5.32 Å². The van der Waals surface area contributed by atoms with Gasteiger partial charge < -0.3 is 14.4 Å². The molecule has 1 amide bonds. The molecule has 1 fully saturated rings. The smallest absolute Gasteiger partial charge is 0.274 e. The Kier molecular flexibility index (Phi) is 5.25. The zero-order chi connectivity index (χ0) is 18.6. The summed E-state index contributed by atoms with van der Waals surface area (Å²) in [5.41, 5.74) is 1.50. The molecule has 2 heterocycles. The Hall–Kier alpha value is -2.60. The van der Waals surface area contributed by atoms with E-state index in [1.54, 1.807) is 12.1 Å². The number of carbonyl (C=O) groups excluding carboxylic acids is 1. The van der Waals surface area contributed by atoms with Crippen LogP contribution in [0.15, 0.2) is 47.1 Å². The molecule has 0 radical (unpaired) electrons. The summed E-state index contributed by atoms with van der Waals surface area (Å²) in [5.74, 6) is 0.848. The van der Waals surface area contributed by atoms with Crippen molar-refractivity contribution in [2.75, 3.05) is 0 Å². The van der Waals surface area contributed by atoms with E-state index >= 15 is 0 Å².